The quantitative estimate of drug-likeness (QED) is 0.595. The molecule has 86 valence electrons. The lowest BCUT2D eigenvalue weighted by atomic mass is 10.3. The number of nitrogens with zero attached hydrogens (tertiary/aromatic N) is 2. The summed E-state index contributed by atoms with van der Waals surface area (Å²) in [5, 5.41) is 0. The van der Waals surface area contributed by atoms with Crippen molar-refractivity contribution in [3.05, 3.63) is 36.3 Å². The van der Waals surface area contributed by atoms with E-state index in [-0.39, 0.29) is 6.10 Å². The summed E-state index contributed by atoms with van der Waals surface area (Å²) in [5.74, 6) is 2.04. The smallest absolute Gasteiger partial charge is 0.357 e. The molecule has 0 aliphatic carbocycles. The van der Waals surface area contributed by atoms with E-state index in [1.165, 1.54) is 6.20 Å². The zero-order valence-corrected chi connectivity index (χ0v) is 9.46. The van der Waals surface area contributed by atoms with Crippen LogP contribution in [0.2, 0.25) is 0 Å². The Kier molecular flexibility index (Phi) is 3.10. The van der Waals surface area contributed by atoms with Crippen LogP contribution in [0, 0.1) is 12.3 Å². The molecule has 0 spiro atoms. The molecule has 0 saturated carbocycles. The molecule has 0 fully saturated rings. The summed E-state index contributed by atoms with van der Waals surface area (Å²) < 4.78 is 6.89. The highest BCUT2D eigenvalue weighted by Crippen LogP contribution is 2.09. The molecule has 2 rings (SSSR count). The first-order chi connectivity index (χ1) is 8.22. The number of rotatable bonds is 3. The normalized spacial score (nSPS) is 12.0. The van der Waals surface area contributed by atoms with Crippen LogP contribution in [-0.4, -0.2) is 21.5 Å². The van der Waals surface area contributed by atoms with E-state index in [1.807, 2.05) is 18.2 Å². The second kappa shape index (κ2) is 4.71. The van der Waals surface area contributed by atoms with E-state index in [2.05, 4.69) is 10.9 Å². The molecule has 4 heteroatoms. The molecule has 17 heavy (non-hydrogen) atoms. The van der Waals surface area contributed by atoms with E-state index in [0.29, 0.717) is 17.8 Å². The zero-order valence-electron chi connectivity index (χ0n) is 9.46. The van der Waals surface area contributed by atoms with Crippen molar-refractivity contribution in [2.45, 2.75) is 19.4 Å². The van der Waals surface area contributed by atoms with Gasteiger partial charge in [0.2, 0.25) is 0 Å². The van der Waals surface area contributed by atoms with Crippen LogP contribution in [0.4, 0.5) is 0 Å². The standard InChI is InChI=1S/C13H12N2O2/c1-3-6-10(2)17-13(16)11-9-14-12-7-4-5-8-15(11)12/h1,4-5,7-10H,6H2,2H3/t10-/m1/s1. The van der Waals surface area contributed by atoms with Crippen LogP contribution in [0.1, 0.15) is 23.8 Å². The topological polar surface area (TPSA) is 43.6 Å². The SMILES string of the molecule is C#CC[C@@H](C)OC(=O)c1cnc2ccccn12. The van der Waals surface area contributed by atoms with Crippen molar-refractivity contribution in [2.24, 2.45) is 0 Å². The minimum Gasteiger partial charge on any atom is -0.457 e. The summed E-state index contributed by atoms with van der Waals surface area (Å²) in [6, 6.07) is 5.51. The summed E-state index contributed by atoms with van der Waals surface area (Å²) in [6.07, 6.45) is 8.54. The molecule has 0 N–H and O–H groups in total. The number of ether oxygens (including phenoxy) is 1. The Bertz CT molecular complexity index is 580. The third-order valence-corrected chi connectivity index (χ3v) is 2.34. The van der Waals surface area contributed by atoms with E-state index in [0.717, 1.165) is 0 Å². The minimum atomic E-state index is -0.411. The molecule has 2 aromatic rings. The Morgan fingerprint density at radius 3 is 3.24 bits per heavy atom. The van der Waals surface area contributed by atoms with Gasteiger partial charge in [0.05, 0.1) is 6.20 Å². The highest BCUT2D eigenvalue weighted by atomic mass is 16.5. The van der Waals surface area contributed by atoms with E-state index >= 15 is 0 Å². The number of esters is 1. The number of hydrogen-bond donors (Lipinski definition) is 0. The maximum absolute atomic E-state index is 11.9. The van der Waals surface area contributed by atoms with Crippen molar-refractivity contribution in [1.29, 1.82) is 0 Å². The van der Waals surface area contributed by atoms with Gasteiger partial charge >= 0.3 is 5.97 Å². The lowest BCUT2D eigenvalue weighted by Crippen LogP contribution is -2.15. The van der Waals surface area contributed by atoms with Gasteiger partial charge in [0.25, 0.3) is 0 Å². The molecule has 4 nitrogen and oxygen atoms in total. The molecule has 2 aromatic heterocycles. The van der Waals surface area contributed by atoms with Gasteiger partial charge in [-0.25, -0.2) is 9.78 Å². The van der Waals surface area contributed by atoms with Crippen LogP contribution < -0.4 is 0 Å². The number of pyridine rings is 1. The van der Waals surface area contributed by atoms with Crippen molar-refractivity contribution in [3.8, 4) is 12.3 Å². The molecule has 0 unspecified atom stereocenters. The molecular formula is C13H12N2O2. The number of terminal acetylenes is 1. The van der Waals surface area contributed by atoms with Crippen LogP contribution in [0.3, 0.4) is 0 Å². The van der Waals surface area contributed by atoms with Gasteiger partial charge in [-0.05, 0) is 19.1 Å². The molecule has 0 aromatic carbocycles. The Balaban J connectivity index is 2.23. The molecule has 1 atom stereocenters. The Labute approximate surface area is 99.2 Å². The van der Waals surface area contributed by atoms with Crippen LogP contribution >= 0.6 is 0 Å². The molecule has 2 heterocycles. The fraction of sp³-hybridized carbons (Fsp3) is 0.231. The van der Waals surface area contributed by atoms with Gasteiger partial charge < -0.3 is 4.74 Å². The number of aromatic nitrogens is 2. The van der Waals surface area contributed by atoms with E-state index in [1.54, 1.807) is 17.5 Å². The lowest BCUT2D eigenvalue weighted by molar-refractivity contribution is 0.0344. The average molecular weight is 228 g/mol. The van der Waals surface area contributed by atoms with Crippen LogP contribution in [0.15, 0.2) is 30.6 Å². The molecular weight excluding hydrogens is 216 g/mol. The predicted molar refractivity (Wildman–Crippen MR) is 63.5 cm³/mol. The third kappa shape index (κ3) is 2.28. The van der Waals surface area contributed by atoms with Crippen LogP contribution in [0.5, 0.6) is 0 Å². The number of hydrogen-bond acceptors (Lipinski definition) is 3. The second-order valence-electron chi connectivity index (χ2n) is 3.70. The van der Waals surface area contributed by atoms with Gasteiger partial charge in [-0.15, -0.1) is 12.3 Å². The summed E-state index contributed by atoms with van der Waals surface area (Å²) in [5.41, 5.74) is 1.12. The van der Waals surface area contributed by atoms with Gasteiger partial charge in [-0.1, -0.05) is 6.07 Å². The van der Waals surface area contributed by atoms with Crippen molar-refractivity contribution in [3.63, 3.8) is 0 Å². The van der Waals surface area contributed by atoms with Crippen molar-refractivity contribution in [2.75, 3.05) is 0 Å². The second-order valence-corrected chi connectivity index (χ2v) is 3.70. The summed E-state index contributed by atoms with van der Waals surface area (Å²) in [6.45, 7) is 1.76. The molecule has 0 bridgehead atoms. The Morgan fingerprint density at radius 2 is 2.47 bits per heavy atom. The lowest BCUT2D eigenvalue weighted by Gasteiger charge is -2.09. The molecule has 0 aliphatic rings. The highest BCUT2D eigenvalue weighted by molar-refractivity contribution is 5.88. The van der Waals surface area contributed by atoms with Crippen molar-refractivity contribution < 1.29 is 9.53 Å². The highest BCUT2D eigenvalue weighted by Gasteiger charge is 2.15. The fourth-order valence-corrected chi connectivity index (χ4v) is 1.53. The number of carbonyl (C=O) groups is 1. The monoisotopic (exact) mass is 228 g/mol. The minimum absolute atomic E-state index is 0.290. The summed E-state index contributed by atoms with van der Waals surface area (Å²) >= 11 is 0. The first-order valence-corrected chi connectivity index (χ1v) is 5.29. The Morgan fingerprint density at radius 1 is 1.65 bits per heavy atom. The van der Waals surface area contributed by atoms with Crippen molar-refractivity contribution in [1.82, 2.24) is 9.38 Å². The van der Waals surface area contributed by atoms with Gasteiger partial charge in [-0.3, -0.25) is 4.40 Å². The van der Waals surface area contributed by atoms with Gasteiger partial charge in [0.15, 0.2) is 5.69 Å². The predicted octanol–water partition coefficient (Wildman–Crippen LogP) is 1.90. The van der Waals surface area contributed by atoms with Crippen molar-refractivity contribution >= 4 is 11.6 Å². The average Bonchev–Trinajstić information content (AvgIpc) is 2.72. The van der Waals surface area contributed by atoms with Gasteiger partial charge in [-0.2, -0.15) is 0 Å². The van der Waals surface area contributed by atoms with E-state index in [9.17, 15) is 4.79 Å². The molecule has 0 saturated heterocycles. The van der Waals surface area contributed by atoms with Gasteiger partial charge in [0.1, 0.15) is 11.8 Å². The number of imidazole rings is 1. The molecule has 0 amide bonds. The first kappa shape index (κ1) is 11.2. The van der Waals surface area contributed by atoms with Crippen LogP contribution in [0.25, 0.3) is 5.65 Å². The van der Waals surface area contributed by atoms with Crippen LogP contribution in [-0.2, 0) is 4.74 Å². The molecule has 0 aliphatic heterocycles. The Hall–Kier alpha value is -2.28. The van der Waals surface area contributed by atoms with E-state index < -0.39 is 5.97 Å². The zero-order chi connectivity index (χ0) is 12.3. The number of carbonyl (C=O) groups excluding carboxylic acids is 1. The summed E-state index contributed by atoms with van der Waals surface area (Å²) in [7, 11) is 0. The fourth-order valence-electron chi connectivity index (χ4n) is 1.53. The largest absolute Gasteiger partial charge is 0.457 e. The molecule has 0 radical (unpaired) electrons. The van der Waals surface area contributed by atoms with E-state index in [4.69, 9.17) is 11.2 Å². The maximum Gasteiger partial charge on any atom is 0.357 e. The maximum atomic E-state index is 11.9. The third-order valence-electron chi connectivity index (χ3n) is 2.34. The number of fused-ring (bicyclic) bond motifs is 1. The summed E-state index contributed by atoms with van der Waals surface area (Å²) in [4.78, 5) is 16.0. The first-order valence-electron chi connectivity index (χ1n) is 5.29. The van der Waals surface area contributed by atoms with Gasteiger partial charge in [0, 0.05) is 12.6 Å².